The van der Waals surface area contributed by atoms with Crippen LogP contribution in [0, 0.1) is 40.4 Å². The molecule has 4 rings (SSSR count). The molecule has 0 heteroatoms. The Labute approximate surface area is 101 Å². The molecule has 3 atom stereocenters. The Hall–Kier alpha value is 0. The van der Waals surface area contributed by atoms with Crippen LogP contribution in [0.15, 0.2) is 0 Å². The van der Waals surface area contributed by atoms with Crippen LogP contribution in [0.3, 0.4) is 0 Å². The maximum Gasteiger partial charge on any atom is -0.0106 e. The molecule has 0 N–H and O–H groups in total. The summed E-state index contributed by atoms with van der Waals surface area (Å²) in [6.07, 6.45) is 5.75. The van der Waals surface area contributed by atoms with Gasteiger partial charge in [-0.3, -0.25) is 0 Å². The van der Waals surface area contributed by atoms with Crippen LogP contribution in [0.4, 0.5) is 0 Å². The van der Waals surface area contributed by atoms with Gasteiger partial charge in [-0.2, -0.15) is 0 Å². The third kappa shape index (κ3) is 1.03. The lowest BCUT2D eigenvalue weighted by Crippen LogP contribution is -2.63. The molecule has 4 aliphatic carbocycles. The van der Waals surface area contributed by atoms with Gasteiger partial charge in [0.25, 0.3) is 0 Å². The lowest BCUT2D eigenvalue weighted by molar-refractivity contribution is -0.135. The van der Waals surface area contributed by atoms with Crippen LogP contribution in [0.25, 0.3) is 0 Å². The van der Waals surface area contributed by atoms with Gasteiger partial charge in [0.1, 0.15) is 0 Å². The minimum absolute atomic E-state index is 0.518. The Morgan fingerprint density at radius 3 is 2.38 bits per heavy atom. The Morgan fingerprint density at radius 2 is 1.81 bits per heavy atom. The van der Waals surface area contributed by atoms with Crippen molar-refractivity contribution >= 4 is 0 Å². The van der Waals surface area contributed by atoms with Gasteiger partial charge in [-0.1, -0.05) is 41.0 Å². The van der Waals surface area contributed by atoms with Crippen molar-refractivity contribution in [3.63, 3.8) is 0 Å². The van der Waals surface area contributed by atoms with Crippen molar-refractivity contribution in [1.29, 1.82) is 0 Å². The zero-order chi connectivity index (χ0) is 11.7. The van der Waals surface area contributed by atoms with Crippen LogP contribution < -0.4 is 0 Å². The van der Waals surface area contributed by atoms with E-state index in [-0.39, 0.29) is 0 Å². The van der Waals surface area contributed by atoms with E-state index in [0.29, 0.717) is 10.8 Å². The highest BCUT2D eigenvalue weighted by atomic mass is 14.7. The van der Waals surface area contributed by atoms with Crippen molar-refractivity contribution in [3.8, 4) is 0 Å². The number of hydrogen-bond donors (Lipinski definition) is 0. The first-order valence-corrected chi connectivity index (χ1v) is 7.12. The second kappa shape index (κ2) is 3.06. The van der Waals surface area contributed by atoms with E-state index in [4.69, 9.17) is 0 Å². The highest BCUT2D eigenvalue weighted by molar-refractivity contribution is 5.40. The Balaban J connectivity index is 2.03. The van der Waals surface area contributed by atoms with Gasteiger partial charge >= 0.3 is 0 Å². The van der Waals surface area contributed by atoms with E-state index in [0.717, 1.165) is 17.8 Å². The molecule has 90 valence electrons. The van der Waals surface area contributed by atoms with Gasteiger partial charge in [-0.25, -0.2) is 0 Å². The van der Waals surface area contributed by atoms with Crippen molar-refractivity contribution in [1.82, 2.24) is 0 Å². The smallest absolute Gasteiger partial charge is 0.0106 e. The molecule has 4 saturated carbocycles. The normalized spacial score (nSPS) is 46.9. The monoisotopic (exact) mass is 218 g/mol. The summed E-state index contributed by atoms with van der Waals surface area (Å²) in [7, 11) is 0. The third-order valence-corrected chi connectivity index (χ3v) is 6.52. The number of hydrogen-bond acceptors (Lipinski definition) is 0. The molecule has 2 bridgehead atoms. The highest BCUT2D eigenvalue weighted by Crippen LogP contribution is 2.76. The first-order chi connectivity index (χ1) is 7.40. The van der Waals surface area contributed by atoms with E-state index >= 15 is 0 Å². The zero-order valence-corrected chi connectivity index (χ0v) is 11.6. The lowest BCUT2D eigenvalue weighted by atomic mass is 9.34. The molecular weight excluding hydrogens is 192 g/mol. The molecule has 0 nitrogen and oxygen atoms in total. The molecule has 0 aromatic rings. The molecule has 4 aliphatic rings. The number of rotatable bonds is 1. The predicted molar refractivity (Wildman–Crippen MR) is 68.7 cm³/mol. The summed E-state index contributed by atoms with van der Waals surface area (Å²) >= 11 is 0. The lowest BCUT2D eigenvalue weighted by Gasteiger charge is -2.70. The molecule has 4 fully saturated rings. The fourth-order valence-corrected chi connectivity index (χ4v) is 5.26. The maximum atomic E-state index is 2.57. The Kier molecular flexibility index (Phi) is 2.12. The summed E-state index contributed by atoms with van der Waals surface area (Å²) in [5, 5.41) is 0. The van der Waals surface area contributed by atoms with Crippen molar-refractivity contribution in [2.75, 3.05) is 0 Å². The van der Waals surface area contributed by atoms with Gasteiger partial charge < -0.3 is 0 Å². The average Bonchev–Trinajstić information content (AvgIpc) is 2.65. The maximum absolute atomic E-state index is 2.57. The zero-order valence-electron chi connectivity index (χ0n) is 11.6. The van der Waals surface area contributed by atoms with Crippen LogP contribution >= 0.6 is 0 Å². The van der Waals surface area contributed by atoms with Crippen molar-refractivity contribution in [2.24, 2.45) is 28.6 Å². The minimum Gasteiger partial charge on any atom is -0.0622 e. The van der Waals surface area contributed by atoms with Gasteiger partial charge in [0.2, 0.25) is 0 Å². The van der Waals surface area contributed by atoms with Crippen LogP contribution in [0.2, 0.25) is 0 Å². The van der Waals surface area contributed by atoms with E-state index in [1.807, 2.05) is 11.8 Å². The largest absolute Gasteiger partial charge is 0.0622 e. The summed E-state index contributed by atoms with van der Waals surface area (Å²) < 4.78 is 0. The summed E-state index contributed by atoms with van der Waals surface area (Å²) in [5.41, 5.74) is 1.10. The Bertz CT molecular complexity index is 297. The van der Waals surface area contributed by atoms with Crippen LogP contribution in [0.1, 0.15) is 60.3 Å². The van der Waals surface area contributed by atoms with Gasteiger partial charge in [0.15, 0.2) is 0 Å². The molecule has 2 radical (unpaired) electrons. The molecule has 0 spiro atoms. The summed E-state index contributed by atoms with van der Waals surface area (Å²) in [4.78, 5) is 0. The molecule has 0 aliphatic heterocycles. The summed E-state index contributed by atoms with van der Waals surface area (Å²) in [6.45, 7) is 12.5. The predicted octanol–water partition coefficient (Wildman–Crippen LogP) is 4.66. The quantitative estimate of drug-likeness (QED) is 0.600. The molecule has 16 heavy (non-hydrogen) atoms. The third-order valence-electron chi connectivity index (χ3n) is 6.52. The highest BCUT2D eigenvalue weighted by Gasteiger charge is 2.68. The molecule has 0 aromatic carbocycles. The van der Waals surface area contributed by atoms with Crippen LogP contribution in [-0.2, 0) is 0 Å². The fourth-order valence-electron chi connectivity index (χ4n) is 5.26. The summed E-state index contributed by atoms with van der Waals surface area (Å²) in [6, 6.07) is 0. The van der Waals surface area contributed by atoms with Gasteiger partial charge in [-0.15, -0.1) is 0 Å². The molecule has 0 amide bonds. The van der Waals surface area contributed by atoms with E-state index in [1.165, 1.54) is 25.7 Å². The minimum atomic E-state index is 0.518. The van der Waals surface area contributed by atoms with E-state index in [9.17, 15) is 0 Å². The van der Waals surface area contributed by atoms with Gasteiger partial charge in [0, 0.05) is 0 Å². The second-order valence-corrected chi connectivity index (χ2v) is 7.46. The summed E-state index contributed by atoms with van der Waals surface area (Å²) in [5.74, 6) is 6.48. The van der Waals surface area contributed by atoms with Crippen molar-refractivity contribution in [2.45, 2.75) is 60.3 Å². The second-order valence-electron chi connectivity index (χ2n) is 7.46. The molecule has 3 unspecified atom stereocenters. The first-order valence-electron chi connectivity index (χ1n) is 7.12. The standard InChI is InChI=1S/C16H26/c1-10(2)16(5)12-8-6-7-11(12)13-9-14(16)15(13,3)4/h10,13-14H,6-9H2,1-5H3. The average molecular weight is 218 g/mol. The topological polar surface area (TPSA) is 0 Å². The van der Waals surface area contributed by atoms with Crippen LogP contribution in [-0.4, -0.2) is 0 Å². The molecule has 0 aromatic heterocycles. The van der Waals surface area contributed by atoms with E-state index < -0.39 is 0 Å². The fraction of sp³-hybridized carbons (Fsp3) is 0.875. The Morgan fingerprint density at radius 1 is 1.12 bits per heavy atom. The van der Waals surface area contributed by atoms with Crippen molar-refractivity contribution < 1.29 is 0 Å². The molecular formula is C16H26. The van der Waals surface area contributed by atoms with Gasteiger partial charge in [0.05, 0.1) is 0 Å². The molecule has 0 heterocycles. The van der Waals surface area contributed by atoms with Gasteiger partial charge in [-0.05, 0) is 59.7 Å². The van der Waals surface area contributed by atoms with Crippen LogP contribution in [0.5, 0.6) is 0 Å². The van der Waals surface area contributed by atoms with Crippen molar-refractivity contribution in [3.05, 3.63) is 11.8 Å². The molecule has 0 saturated heterocycles. The first kappa shape index (κ1) is 11.1. The SMILES string of the molecule is CC(C)C1(C)[C]2CCC[C]2C2CC1C2(C)C. The van der Waals surface area contributed by atoms with E-state index in [1.54, 1.807) is 0 Å². The van der Waals surface area contributed by atoms with E-state index in [2.05, 4.69) is 34.6 Å².